The first-order valence-electron chi connectivity index (χ1n) is 22.9. The van der Waals surface area contributed by atoms with Gasteiger partial charge in [-0.25, -0.2) is 0 Å². The second kappa shape index (κ2) is 17.5. The molecule has 61 heavy (non-hydrogen) atoms. The van der Waals surface area contributed by atoms with Gasteiger partial charge in [0.1, 0.15) is 7.81 Å². The minimum absolute atomic E-state index is 0.408. The Bertz CT molecular complexity index is 2050. The van der Waals surface area contributed by atoms with Crippen molar-refractivity contribution in [3.8, 4) is 0 Å². The molecule has 0 atom stereocenters. The molecule has 0 nitrogen and oxygen atoms in total. The molecule has 0 radical (unpaired) electrons. The summed E-state index contributed by atoms with van der Waals surface area (Å²) in [6, 6.07) is 30.2. The first kappa shape index (κ1) is 50.3. The fourth-order valence-corrected chi connectivity index (χ4v) is 70.8. The summed E-state index contributed by atoms with van der Waals surface area (Å²) in [5, 5.41) is 5.65. The summed E-state index contributed by atoms with van der Waals surface area (Å²) in [5.74, 6) is 0. The normalized spacial score (nSPS) is 15.7. The lowest BCUT2D eigenvalue weighted by Gasteiger charge is -2.50. The van der Waals surface area contributed by atoms with E-state index in [1.807, 2.05) is 16.3 Å². The second-order valence-electron chi connectivity index (χ2n) is 25.2. The summed E-state index contributed by atoms with van der Waals surface area (Å²) in [5.41, 5.74) is 9.94. The van der Waals surface area contributed by atoms with Gasteiger partial charge in [0.25, 0.3) is 9.72 Å². The maximum Gasteiger partial charge on any atom is 0.281 e. The van der Waals surface area contributed by atoms with Crippen LogP contribution >= 0.6 is 46.5 Å². The molecule has 2 aliphatic heterocycles. The molecular weight excluding hydrogens is 923 g/mol. The zero-order valence-electron chi connectivity index (χ0n) is 41.9. The van der Waals surface area contributed by atoms with E-state index in [1.165, 1.54) is 36.3 Å². The van der Waals surface area contributed by atoms with Crippen molar-refractivity contribution in [2.24, 2.45) is 0 Å². The van der Waals surface area contributed by atoms with Crippen molar-refractivity contribution in [1.29, 1.82) is 0 Å². The maximum atomic E-state index is 3.02. The number of hydrogen-bond acceptors (Lipinski definition) is 4. The molecule has 0 aromatic heterocycles. The summed E-state index contributed by atoms with van der Waals surface area (Å²) in [7, 11) is -13.5. The smallest absolute Gasteiger partial charge is 0.163 e. The summed E-state index contributed by atoms with van der Waals surface area (Å²) in [6.07, 6.45) is 0. The van der Waals surface area contributed by atoms with Gasteiger partial charge in [-0.2, -0.15) is 46.5 Å². The summed E-state index contributed by atoms with van der Waals surface area (Å²) in [6.45, 7) is 56.7. The van der Waals surface area contributed by atoms with E-state index < -0.39 is 56.3 Å². The van der Waals surface area contributed by atoms with Gasteiger partial charge < -0.3 is 0 Å². The molecular formula is C48H78B2S4Si7. The molecule has 0 bridgehead atoms. The Hall–Kier alpha value is -0.0719. The number of fused-ring (bicyclic) bond motifs is 2. The standard InChI is InChI=1S/C48H78B2S4Si7/c1-34-30-35(2)44(36(3)31-34)61(49-51-40-26-22-23-27-41(40)52-49,50-53-42-28-24-25-29-43(42)54-50)45-38(47(57(10,11)12)58(13,14)15)32-37(46(55(4,5)6)56(7,8)9)33-39(45)48(59(16,17)18)60(19,20)21/h22-33,46-48H,1-21H3. The molecule has 4 aromatic carbocycles. The molecule has 0 unspecified atom stereocenters. The highest BCUT2D eigenvalue weighted by Crippen LogP contribution is 2.57. The van der Waals surface area contributed by atoms with Crippen molar-refractivity contribution in [3.05, 3.63) is 106 Å². The Balaban J connectivity index is 2.00. The number of aryl methyl sites for hydroxylation is 3. The number of benzene rings is 4. The Morgan fingerprint density at radius 3 is 0.918 bits per heavy atom. The van der Waals surface area contributed by atoms with Crippen molar-refractivity contribution in [3.63, 3.8) is 0 Å². The zero-order chi connectivity index (χ0) is 45.6. The first-order valence-corrected chi connectivity index (χ1v) is 50.0. The zero-order valence-corrected chi connectivity index (χ0v) is 52.2. The SMILES string of the molecule is Cc1cc(C)c([Si](B2Sc3ccccc3S2)(B2Sc3ccccc3S2)c2c(C([Si](C)(C)C)[Si](C)(C)C)cc(C([Si](C)(C)C)[Si](C)(C)C)cc2C([Si](C)(C)C)[Si](C)(C)C)c(C)c1. The number of rotatable bonds is 13. The molecule has 2 aliphatic rings. The van der Waals surface area contributed by atoms with Gasteiger partial charge in [0.15, 0.2) is 0 Å². The van der Waals surface area contributed by atoms with Crippen LogP contribution in [0.2, 0.25) is 118 Å². The van der Waals surface area contributed by atoms with Crippen molar-refractivity contribution in [1.82, 2.24) is 0 Å². The van der Waals surface area contributed by atoms with E-state index in [0.717, 1.165) is 0 Å². The molecule has 328 valence electrons. The van der Waals surface area contributed by atoms with Gasteiger partial charge in [0.05, 0.1) is 0 Å². The third kappa shape index (κ3) is 9.98. The van der Waals surface area contributed by atoms with E-state index >= 15 is 0 Å². The Morgan fingerprint density at radius 1 is 0.377 bits per heavy atom. The molecule has 4 aromatic rings. The molecule has 0 amide bonds. The lowest BCUT2D eigenvalue weighted by molar-refractivity contribution is 1.10. The van der Waals surface area contributed by atoms with Crippen molar-refractivity contribution in [2.75, 3.05) is 0 Å². The Morgan fingerprint density at radius 2 is 0.656 bits per heavy atom. The molecule has 13 heteroatoms. The van der Waals surface area contributed by atoms with Crippen LogP contribution in [-0.4, -0.2) is 66.0 Å². The Kier molecular flexibility index (Phi) is 14.5. The highest BCUT2D eigenvalue weighted by Gasteiger charge is 2.64. The largest absolute Gasteiger partial charge is 0.281 e. The Labute approximate surface area is 399 Å². The fourth-order valence-electron chi connectivity index (χ4n) is 13.3. The maximum absolute atomic E-state index is 3.02. The summed E-state index contributed by atoms with van der Waals surface area (Å²) >= 11 is 9.07. The topological polar surface area (TPSA) is 0 Å². The lowest BCUT2D eigenvalue weighted by Crippen LogP contribution is -2.77. The third-order valence-corrected chi connectivity index (χ3v) is 56.2. The van der Waals surface area contributed by atoms with Crippen LogP contribution in [0.1, 0.15) is 48.9 Å². The van der Waals surface area contributed by atoms with E-state index in [1.54, 1.807) is 10.8 Å². The molecule has 0 spiro atoms. The molecule has 0 fully saturated rings. The van der Waals surface area contributed by atoms with Crippen molar-refractivity contribution < 1.29 is 0 Å². The van der Waals surface area contributed by atoms with Crippen LogP contribution in [0.4, 0.5) is 0 Å². The second-order valence-corrected chi connectivity index (χ2v) is 69.6. The summed E-state index contributed by atoms with van der Waals surface area (Å²) < 4.78 is 0. The van der Waals surface area contributed by atoms with E-state index in [9.17, 15) is 0 Å². The summed E-state index contributed by atoms with van der Waals surface area (Å²) in [4.78, 5) is 6.81. The highest BCUT2D eigenvalue weighted by atomic mass is 32.2. The monoisotopic (exact) mass is 1000 g/mol. The lowest BCUT2D eigenvalue weighted by atomic mass is 10.1. The van der Waals surface area contributed by atoms with Crippen LogP contribution < -0.4 is 10.4 Å². The van der Waals surface area contributed by atoms with Gasteiger partial charge >= 0.3 is 0 Å². The molecule has 0 saturated heterocycles. The average Bonchev–Trinajstić information content (AvgIpc) is 3.68. The van der Waals surface area contributed by atoms with Crippen LogP contribution in [0.25, 0.3) is 0 Å². The number of hydrogen-bond donors (Lipinski definition) is 0. The minimum atomic E-state index is -2.91. The molecule has 6 rings (SSSR count). The first-order chi connectivity index (χ1) is 27.8. The molecule has 0 aliphatic carbocycles. The predicted octanol–water partition coefficient (Wildman–Crippen LogP) is 15.6. The van der Waals surface area contributed by atoms with E-state index in [-0.39, 0.29) is 0 Å². The van der Waals surface area contributed by atoms with Crippen molar-refractivity contribution in [2.45, 2.75) is 174 Å². The van der Waals surface area contributed by atoms with E-state index in [4.69, 9.17) is 0 Å². The van der Waals surface area contributed by atoms with Crippen LogP contribution in [0, 0.1) is 20.8 Å². The molecule has 0 saturated carbocycles. The fraction of sp³-hybridized carbons (Fsp3) is 0.500. The van der Waals surface area contributed by atoms with Gasteiger partial charge in [-0.1, -0.05) is 205 Å². The van der Waals surface area contributed by atoms with Crippen LogP contribution in [0.15, 0.2) is 92.4 Å². The quantitative estimate of drug-likeness (QED) is 0.122. The van der Waals surface area contributed by atoms with Gasteiger partial charge in [-0.3, -0.25) is 0 Å². The van der Waals surface area contributed by atoms with E-state index in [0.29, 0.717) is 25.2 Å². The molecule has 0 N–H and O–H groups in total. The predicted molar refractivity (Wildman–Crippen MR) is 308 cm³/mol. The molecule has 2 heterocycles. The highest BCUT2D eigenvalue weighted by molar-refractivity contribution is 8.72. The van der Waals surface area contributed by atoms with Crippen LogP contribution in [0.3, 0.4) is 0 Å². The van der Waals surface area contributed by atoms with Crippen LogP contribution in [-0.2, 0) is 0 Å². The third-order valence-electron chi connectivity index (χ3n) is 13.3. The average molecular weight is 1000 g/mol. The minimum Gasteiger partial charge on any atom is -0.163 e. The van der Waals surface area contributed by atoms with Crippen molar-refractivity contribution >= 4 is 123 Å². The van der Waals surface area contributed by atoms with E-state index in [2.05, 4.69) is 258 Å². The van der Waals surface area contributed by atoms with Gasteiger partial charge in [-0.05, 0) is 66.1 Å². The van der Waals surface area contributed by atoms with Crippen LogP contribution in [0.5, 0.6) is 0 Å². The van der Waals surface area contributed by atoms with Gasteiger partial charge in [0, 0.05) is 68.0 Å². The van der Waals surface area contributed by atoms with Gasteiger partial charge in [-0.15, -0.1) is 0 Å². The van der Waals surface area contributed by atoms with Gasteiger partial charge in [0.2, 0.25) is 0 Å².